The Balaban J connectivity index is 3.07. The Morgan fingerprint density at radius 1 is 1.53 bits per heavy atom. The highest BCUT2D eigenvalue weighted by atomic mass is 35.5. The van der Waals surface area contributed by atoms with Crippen molar-refractivity contribution >= 4 is 17.3 Å². The third-order valence-corrected chi connectivity index (χ3v) is 2.43. The molecule has 0 radical (unpaired) electrons. The largest absolute Gasteiger partial charge is 0.385 e. The number of aliphatic hydroxyl groups is 1. The quantitative estimate of drug-likeness (QED) is 0.817. The van der Waals surface area contributed by atoms with Crippen molar-refractivity contribution in [1.82, 2.24) is 4.98 Å². The van der Waals surface area contributed by atoms with E-state index in [0.717, 1.165) is 5.69 Å². The van der Waals surface area contributed by atoms with Crippen LogP contribution in [0.2, 0.25) is 5.02 Å². The normalized spacial score (nSPS) is 14.8. The topological polar surface area (TPSA) is 62.4 Å². The lowest BCUT2D eigenvalue weighted by molar-refractivity contribution is 0.149. The van der Waals surface area contributed by atoms with Crippen LogP contribution in [0.1, 0.15) is 18.7 Å². The van der Waals surface area contributed by atoms with Crippen LogP contribution >= 0.6 is 11.6 Å². The molecule has 84 valence electrons. The second kappa shape index (κ2) is 4.79. The summed E-state index contributed by atoms with van der Waals surface area (Å²) < 4.78 is 0. The van der Waals surface area contributed by atoms with Crippen molar-refractivity contribution in [3.05, 3.63) is 23.0 Å². The molecule has 5 heteroatoms. The van der Waals surface area contributed by atoms with Crippen molar-refractivity contribution < 1.29 is 5.11 Å². The average Bonchev–Trinajstić information content (AvgIpc) is 2.16. The number of aliphatic hydroxyl groups excluding tert-OH is 1. The number of nitrogens with zero attached hydrogens (tertiary/aromatic N) is 2. The molecule has 1 aromatic heterocycles. The first-order valence-electron chi connectivity index (χ1n) is 4.70. The zero-order chi connectivity index (χ0) is 11.6. The summed E-state index contributed by atoms with van der Waals surface area (Å²) in [6.07, 6.45) is 0.763. The number of hydrogen-bond acceptors (Lipinski definition) is 4. The third-order valence-electron chi connectivity index (χ3n) is 2.14. The lowest BCUT2D eigenvalue weighted by Gasteiger charge is -2.18. The number of nitrogens with two attached hydrogens (primary N) is 1. The van der Waals surface area contributed by atoms with Gasteiger partial charge >= 0.3 is 0 Å². The van der Waals surface area contributed by atoms with Crippen LogP contribution in [0.15, 0.2) is 12.3 Å². The number of rotatable bonds is 3. The van der Waals surface area contributed by atoms with Crippen molar-refractivity contribution in [2.75, 3.05) is 19.0 Å². The second-order valence-corrected chi connectivity index (χ2v) is 4.17. The van der Waals surface area contributed by atoms with Crippen LogP contribution in [-0.2, 0) is 0 Å². The van der Waals surface area contributed by atoms with E-state index < -0.39 is 6.10 Å². The summed E-state index contributed by atoms with van der Waals surface area (Å²) in [7, 11) is 3.76. The minimum atomic E-state index is -0.763. The fraction of sp³-hybridized carbons (Fsp3) is 0.500. The Bertz CT molecular complexity index is 341. The molecule has 0 saturated heterocycles. The molecule has 1 heterocycles. The van der Waals surface area contributed by atoms with Crippen LogP contribution in [0.4, 0.5) is 5.69 Å². The molecule has 4 nitrogen and oxygen atoms in total. The number of aromatic nitrogens is 1. The van der Waals surface area contributed by atoms with Crippen molar-refractivity contribution in [3.8, 4) is 0 Å². The van der Waals surface area contributed by atoms with Crippen molar-refractivity contribution in [2.24, 2.45) is 5.73 Å². The maximum absolute atomic E-state index is 9.75. The Hall–Kier alpha value is -0.840. The third kappa shape index (κ3) is 2.81. The lowest BCUT2D eigenvalue weighted by atomic mass is 10.1. The van der Waals surface area contributed by atoms with Gasteiger partial charge in [-0.1, -0.05) is 11.6 Å². The summed E-state index contributed by atoms with van der Waals surface area (Å²) in [5, 5.41) is 10.3. The van der Waals surface area contributed by atoms with E-state index in [1.165, 1.54) is 6.20 Å². The van der Waals surface area contributed by atoms with Crippen molar-refractivity contribution in [3.63, 3.8) is 0 Å². The molecular formula is C10H16ClN3O. The van der Waals surface area contributed by atoms with Gasteiger partial charge in [0.15, 0.2) is 0 Å². The van der Waals surface area contributed by atoms with E-state index in [-0.39, 0.29) is 6.04 Å². The molecule has 3 N–H and O–H groups in total. The minimum absolute atomic E-state index is 0.353. The summed E-state index contributed by atoms with van der Waals surface area (Å²) in [6.45, 7) is 1.73. The Morgan fingerprint density at radius 3 is 2.60 bits per heavy atom. The molecule has 0 aliphatic carbocycles. The van der Waals surface area contributed by atoms with E-state index in [0.29, 0.717) is 10.7 Å². The van der Waals surface area contributed by atoms with Gasteiger partial charge in [-0.2, -0.15) is 0 Å². The molecule has 0 aliphatic rings. The van der Waals surface area contributed by atoms with Gasteiger partial charge in [0.1, 0.15) is 6.10 Å². The molecule has 1 aromatic rings. The molecule has 2 atom stereocenters. The van der Waals surface area contributed by atoms with Gasteiger partial charge in [-0.3, -0.25) is 4.98 Å². The minimum Gasteiger partial charge on any atom is -0.385 e. The molecule has 0 saturated carbocycles. The lowest BCUT2D eigenvalue weighted by Crippen LogP contribution is -2.25. The van der Waals surface area contributed by atoms with E-state index in [1.807, 2.05) is 19.0 Å². The first-order chi connectivity index (χ1) is 6.93. The van der Waals surface area contributed by atoms with Crippen LogP contribution in [0, 0.1) is 0 Å². The molecule has 0 spiro atoms. The number of anilines is 1. The van der Waals surface area contributed by atoms with Crippen LogP contribution in [-0.4, -0.2) is 30.2 Å². The molecular weight excluding hydrogens is 214 g/mol. The SMILES string of the molecule is CC(N)C(O)c1cc(N(C)C)c(Cl)cn1. The highest BCUT2D eigenvalue weighted by molar-refractivity contribution is 6.33. The van der Waals surface area contributed by atoms with E-state index in [2.05, 4.69) is 4.98 Å². The zero-order valence-electron chi connectivity index (χ0n) is 9.11. The predicted octanol–water partition coefficient (Wildman–Crippen LogP) is 1.18. The summed E-state index contributed by atoms with van der Waals surface area (Å²) >= 11 is 5.96. The second-order valence-electron chi connectivity index (χ2n) is 3.76. The van der Waals surface area contributed by atoms with Gasteiger partial charge in [-0.05, 0) is 13.0 Å². The number of pyridine rings is 1. The van der Waals surface area contributed by atoms with Crippen LogP contribution < -0.4 is 10.6 Å². The van der Waals surface area contributed by atoms with Gasteiger partial charge < -0.3 is 15.7 Å². The van der Waals surface area contributed by atoms with Gasteiger partial charge in [-0.25, -0.2) is 0 Å². The summed E-state index contributed by atoms with van der Waals surface area (Å²) in [4.78, 5) is 5.92. The molecule has 0 aliphatic heterocycles. The fourth-order valence-electron chi connectivity index (χ4n) is 1.22. The molecule has 15 heavy (non-hydrogen) atoms. The predicted molar refractivity (Wildman–Crippen MR) is 62.2 cm³/mol. The smallest absolute Gasteiger partial charge is 0.111 e. The molecule has 0 fully saturated rings. The van der Waals surface area contributed by atoms with E-state index in [1.54, 1.807) is 13.0 Å². The van der Waals surface area contributed by atoms with Crippen molar-refractivity contribution in [2.45, 2.75) is 19.1 Å². The van der Waals surface area contributed by atoms with Crippen LogP contribution in [0.3, 0.4) is 0 Å². The maximum Gasteiger partial charge on any atom is 0.111 e. The first-order valence-corrected chi connectivity index (χ1v) is 5.07. The Labute approximate surface area is 94.7 Å². The Morgan fingerprint density at radius 2 is 2.13 bits per heavy atom. The van der Waals surface area contributed by atoms with Crippen LogP contribution in [0.25, 0.3) is 0 Å². The molecule has 0 amide bonds. The summed E-state index contributed by atoms with van der Waals surface area (Å²) in [5.74, 6) is 0. The van der Waals surface area contributed by atoms with Crippen LogP contribution in [0.5, 0.6) is 0 Å². The number of halogens is 1. The molecule has 0 bridgehead atoms. The fourth-order valence-corrected chi connectivity index (χ4v) is 1.49. The van der Waals surface area contributed by atoms with E-state index in [9.17, 15) is 5.11 Å². The van der Waals surface area contributed by atoms with E-state index >= 15 is 0 Å². The summed E-state index contributed by atoms with van der Waals surface area (Å²) in [6, 6.07) is 1.39. The van der Waals surface area contributed by atoms with Gasteiger partial charge in [-0.15, -0.1) is 0 Å². The Kier molecular flexibility index (Phi) is 3.90. The van der Waals surface area contributed by atoms with Crippen molar-refractivity contribution in [1.29, 1.82) is 0 Å². The van der Waals surface area contributed by atoms with Gasteiger partial charge in [0.2, 0.25) is 0 Å². The molecule has 0 aromatic carbocycles. The highest BCUT2D eigenvalue weighted by Gasteiger charge is 2.16. The average molecular weight is 230 g/mol. The zero-order valence-corrected chi connectivity index (χ0v) is 9.86. The standard InChI is InChI=1S/C10H16ClN3O/c1-6(12)10(15)8-4-9(14(2)3)7(11)5-13-8/h4-6,10,15H,12H2,1-3H3. The van der Waals surface area contributed by atoms with Gasteiger partial charge in [0.25, 0.3) is 0 Å². The first kappa shape index (κ1) is 12.2. The molecule has 1 rings (SSSR count). The van der Waals surface area contributed by atoms with E-state index in [4.69, 9.17) is 17.3 Å². The molecule has 2 unspecified atom stereocenters. The van der Waals surface area contributed by atoms with Gasteiger partial charge in [0.05, 0.1) is 16.4 Å². The van der Waals surface area contributed by atoms with Gasteiger partial charge in [0, 0.05) is 26.3 Å². The highest BCUT2D eigenvalue weighted by Crippen LogP contribution is 2.26. The maximum atomic E-state index is 9.75. The monoisotopic (exact) mass is 229 g/mol. The number of hydrogen-bond donors (Lipinski definition) is 2. The summed E-state index contributed by atoms with van der Waals surface area (Å²) in [5.41, 5.74) is 6.96.